The molecule has 0 aromatic heterocycles. The predicted octanol–water partition coefficient (Wildman–Crippen LogP) is 3.22. The second-order valence-corrected chi connectivity index (χ2v) is 7.40. The maximum absolute atomic E-state index is 14.1. The molecule has 2 rings (SSSR count). The molecular formula is C18H30FN3. The molecule has 1 saturated heterocycles. The third-order valence-electron chi connectivity index (χ3n) is 4.43. The van der Waals surface area contributed by atoms with Crippen molar-refractivity contribution in [3.8, 4) is 0 Å². The molecule has 1 heterocycles. The zero-order chi connectivity index (χ0) is 16.2. The van der Waals surface area contributed by atoms with Crippen molar-refractivity contribution in [2.45, 2.75) is 45.1 Å². The predicted molar refractivity (Wildman–Crippen MR) is 92.1 cm³/mol. The van der Waals surface area contributed by atoms with Crippen molar-refractivity contribution in [3.05, 3.63) is 29.6 Å². The molecule has 2 N–H and O–H groups in total. The summed E-state index contributed by atoms with van der Waals surface area (Å²) in [7, 11) is 2.17. The average molecular weight is 307 g/mol. The Morgan fingerprint density at radius 2 is 1.86 bits per heavy atom. The quantitative estimate of drug-likeness (QED) is 0.818. The van der Waals surface area contributed by atoms with Gasteiger partial charge in [0.1, 0.15) is 5.82 Å². The van der Waals surface area contributed by atoms with Crippen LogP contribution < -0.4 is 10.6 Å². The minimum absolute atomic E-state index is 0.0188. The molecule has 1 aliphatic heterocycles. The Labute approximate surface area is 134 Å². The highest BCUT2D eigenvalue weighted by Crippen LogP contribution is 2.25. The molecule has 0 radical (unpaired) electrons. The van der Waals surface area contributed by atoms with E-state index in [2.05, 4.69) is 43.4 Å². The summed E-state index contributed by atoms with van der Waals surface area (Å²) in [5.74, 6) is -0.160. The number of halogens is 1. The van der Waals surface area contributed by atoms with E-state index in [1.54, 1.807) is 6.07 Å². The normalized spacial score (nSPS) is 17.7. The van der Waals surface area contributed by atoms with Gasteiger partial charge in [0.25, 0.3) is 0 Å². The zero-order valence-electron chi connectivity index (χ0n) is 14.4. The summed E-state index contributed by atoms with van der Waals surface area (Å²) in [6, 6.07) is 6.11. The largest absolute Gasteiger partial charge is 0.381 e. The third-order valence-corrected chi connectivity index (χ3v) is 4.43. The van der Waals surface area contributed by atoms with Gasteiger partial charge in [-0.15, -0.1) is 0 Å². The summed E-state index contributed by atoms with van der Waals surface area (Å²) in [5, 5.41) is 6.75. The first kappa shape index (κ1) is 17.2. The van der Waals surface area contributed by atoms with Gasteiger partial charge in [0.2, 0.25) is 0 Å². The summed E-state index contributed by atoms with van der Waals surface area (Å²) in [5.41, 5.74) is 1.60. The van der Waals surface area contributed by atoms with E-state index in [9.17, 15) is 4.39 Å². The van der Waals surface area contributed by atoms with Crippen molar-refractivity contribution >= 4 is 5.69 Å². The van der Waals surface area contributed by atoms with Crippen LogP contribution in [0.2, 0.25) is 0 Å². The van der Waals surface area contributed by atoms with E-state index in [-0.39, 0.29) is 11.2 Å². The van der Waals surface area contributed by atoms with Gasteiger partial charge >= 0.3 is 0 Å². The van der Waals surface area contributed by atoms with Gasteiger partial charge in [0, 0.05) is 19.1 Å². The number of likely N-dealkylation sites (tertiary alicyclic amines) is 1. The topological polar surface area (TPSA) is 27.3 Å². The van der Waals surface area contributed by atoms with Crippen molar-refractivity contribution in [2.24, 2.45) is 0 Å². The number of nitrogens with zero attached hydrogens (tertiary/aromatic N) is 1. The van der Waals surface area contributed by atoms with E-state index in [0.717, 1.165) is 31.7 Å². The van der Waals surface area contributed by atoms with E-state index in [1.807, 2.05) is 12.1 Å². The maximum atomic E-state index is 14.1. The second kappa shape index (κ2) is 7.42. The molecule has 1 aliphatic rings. The Morgan fingerprint density at radius 3 is 2.45 bits per heavy atom. The number of rotatable bonds is 5. The monoisotopic (exact) mass is 307 g/mol. The van der Waals surface area contributed by atoms with Crippen LogP contribution in [-0.4, -0.2) is 44.2 Å². The first-order chi connectivity index (χ1) is 10.4. The third kappa shape index (κ3) is 4.96. The molecule has 0 bridgehead atoms. The molecule has 1 aromatic rings. The number of nitrogens with one attached hydrogen (secondary N) is 2. The highest BCUT2D eigenvalue weighted by Gasteiger charge is 2.16. The van der Waals surface area contributed by atoms with Crippen molar-refractivity contribution in [1.29, 1.82) is 0 Å². The molecule has 4 heteroatoms. The smallest absolute Gasteiger partial charge is 0.146 e. The lowest BCUT2D eigenvalue weighted by Gasteiger charge is -2.29. The Balaban J connectivity index is 1.75. The molecule has 0 spiro atoms. The summed E-state index contributed by atoms with van der Waals surface area (Å²) in [4.78, 5) is 2.36. The maximum Gasteiger partial charge on any atom is 0.146 e. The van der Waals surface area contributed by atoms with E-state index in [4.69, 9.17) is 0 Å². The van der Waals surface area contributed by atoms with E-state index in [1.165, 1.54) is 12.8 Å². The Morgan fingerprint density at radius 1 is 1.18 bits per heavy atom. The molecule has 124 valence electrons. The molecule has 1 aromatic carbocycles. The number of benzene rings is 1. The molecule has 0 amide bonds. The lowest BCUT2D eigenvalue weighted by atomic mass is 9.87. The van der Waals surface area contributed by atoms with Gasteiger partial charge in [0.05, 0.1) is 5.69 Å². The molecular weight excluding hydrogens is 277 g/mol. The summed E-state index contributed by atoms with van der Waals surface area (Å²) < 4.78 is 14.1. The second-order valence-electron chi connectivity index (χ2n) is 7.40. The van der Waals surface area contributed by atoms with Crippen molar-refractivity contribution in [3.63, 3.8) is 0 Å². The van der Waals surface area contributed by atoms with Crippen LogP contribution in [0.15, 0.2) is 18.2 Å². The number of piperidine rings is 1. The zero-order valence-corrected chi connectivity index (χ0v) is 14.4. The van der Waals surface area contributed by atoms with Crippen LogP contribution in [0.1, 0.15) is 39.2 Å². The van der Waals surface area contributed by atoms with Crippen LogP contribution in [0, 0.1) is 5.82 Å². The Kier molecular flexibility index (Phi) is 5.81. The van der Waals surface area contributed by atoms with Crippen LogP contribution in [0.5, 0.6) is 0 Å². The molecule has 22 heavy (non-hydrogen) atoms. The van der Waals surface area contributed by atoms with Crippen molar-refractivity contribution in [2.75, 3.05) is 38.5 Å². The first-order valence-corrected chi connectivity index (χ1v) is 8.32. The molecule has 0 saturated carbocycles. The van der Waals surface area contributed by atoms with Crippen LogP contribution in [-0.2, 0) is 5.41 Å². The molecule has 0 aliphatic carbocycles. The average Bonchev–Trinajstić information content (AvgIpc) is 2.45. The highest BCUT2D eigenvalue weighted by atomic mass is 19.1. The lowest BCUT2D eigenvalue weighted by molar-refractivity contribution is 0.236. The van der Waals surface area contributed by atoms with Gasteiger partial charge < -0.3 is 15.5 Å². The highest BCUT2D eigenvalue weighted by molar-refractivity contribution is 5.47. The van der Waals surface area contributed by atoms with Crippen molar-refractivity contribution in [1.82, 2.24) is 10.2 Å². The fourth-order valence-corrected chi connectivity index (χ4v) is 2.81. The van der Waals surface area contributed by atoms with Gasteiger partial charge in [-0.3, -0.25) is 0 Å². The van der Waals surface area contributed by atoms with E-state index >= 15 is 0 Å². The van der Waals surface area contributed by atoms with Crippen LogP contribution in [0.4, 0.5) is 10.1 Å². The first-order valence-electron chi connectivity index (χ1n) is 8.32. The van der Waals surface area contributed by atoms with Gasteiger partial charge in [-0.25, -0.2) is 4.39 Å². The number of hydrogen-bond acceptors (Lipinski definition) is 3. The van der Waals surface area contributed by atoms with Crippen LogP contribution >= 0.6 is 0 Å². The molecule has 0 atom stereocenters. The van der Waals surface area contributed by atoms with Gasteiger partial charge in [-0.1, -0.05) is 26.8 Å². The molecule has 0 unspecified atom stereocenters. The summed E-state index contributed by atoms with van der Waals surface area (Å²) in [6.07, 6.45) is 2.40. The van der Waals surface area contributed by atoms with Gasteiger partial charge in [-0.05, 0) is 56.1 Å². The SMILES string of the molecule is CN1CCC(NCCNc2ccc(C(C)(C)C)cc2F)CC1. The number of hydrogen-bond donors (Lipinski definition) is 2. The van der Waals surface area contributed by atoms with Crippen molar-refractivity contribution < 1.29 is 4.39 Å². The standard InChI is InChI=1S/C18H30FN3/c1-18(2,3)14-5-6-17(16(19)13-14)21-10-9-20-15-7-11-22(4)12-8-15/h5-6,13,15,20-21H,7-12H2,1-4H3. The van der Waals surface area contributed by atoms with E-state index < -0.39 is 0 Å². The minimum Gasteiger partial charge on any atom is -0.381 e. The lowest BCUT2D eigenvalue weighted by Crippen LogP contribution is -2.42. The van der Waals surface area contributed by atoms with Gasteiger partial charge in [0.15, 0.2) is 0 Å². The fraction of sp³-hybridized carbons (Fsp3) is 0.667. The molecule has 1 fully saturated rings. The Bertz CT molecular complexity index is 474. The number of anilines is 1. The summed E-state index contributed by atoms with van der Waals surface area (Å²) in [6.45, 7) is 10.2. The minimum atomic E-state index is -0.160. The summed E-state index contributed by atoms with van der Waals surface area (Å²) >= 11 is 0. The van der Waals surface area contributed by atoms with Crippen LogP contribution in [0.25, 0.3) is 0 Å². The molecule has 3 nitrogen and oxygen atoms in total. The van der Waals surface area contributed by atoms with Gasteiger partial charge in [-0.2, -0.15) is 0 Å². The van der Waals surface area contributed by atoms with E-state index in [0.29, 0.717) is 11.7 Å². The van der Waals surface area contributed by atoms with Crippen LogP contribution in [0.3, 0.4) is 0 Å². The fourth-order valence-electron chi connectivity index (χ4n) is 2.81. The Hall–Kier alpha value is -1.13.